The van der Waals surface area contributed by atoms with Gasteiger partial charge in [-0.1, -0.05) is 12.1 Å². The fourth-order valence-electron chi connectivity index (χ4n) is 1.99. The maximum absolute atomic E-state index is 12.6. The molecule has 0 aliphatic carbocycles. The topological polar surface area (TPSA) is 72.6 Å². The number of hydrogen-bond acceptors (Lipinski definition) is 4. The van der Waals surface area contributed by atoms with Crippen molar-refractivity contribution in [1.29, 1.82) is 0 Å². The molecule has 112 valence electrons. The quantitative estimate of drug-likeness (QED) is 0.880. The number of nitrogens with zero attached hydrogens (tertiary/aromatic N) is 1. The molecule has 0 heterocycles. The van der Waals surface area contributed by atoms with Crippen molar-refractivity contribution in [3.63, 3.8) is 0 Å². The molecule has 2 N–H and O–H groups in total. The number of anilines is 2. The SMILES string of the molecule is COc1ccc(S(=O)(=O)N(C)c2cccc(C)c2)cc1N. The Morgan fingerprint density at radius 1 is 1.14 bits per heavy atom. The summed E-state index contributed by atoms with van der Waals surface area (Å²) in [5.41, 5.74) is 7.66. The zero-order chi connectivity index (χ0) is 15.6. The smallest absolute Gasteiger partial charge is 0.264 e. The summed E-state index contributed by atoms with van der Waals surface area (Å²) in [5.74, 6) is 0.451. The van der Waals surface area contributed by atoms with E-state index in [0.717, 1.165) is 5.56 Å². The molecular formula is C15H18N2O3S. The van der Waals surface area contributed by atoms with Gasteiger partial charge in [-0.2, -0.15) is 0 Å². The van der Waals surface area contributed by atoms with Gasteiger partial charge in [-0.15, -0.1) is 0 Å². The Morgan fingerprint density at radius 2 is 1.86 bits per heavy atom. The van der Waals surface area contributed by atoms with E-state index < -0.39 is 10.0 Å². The fourth-order valence-corrected chi connectivity index (χ4v) is 3.22. The van der Waals surface area contributed by atoms with E-state index in [1.165, 1.54) is 30.6 Å². The van der Waals surface area contributed by atoms with E-state index in [-0.39, 0.29) is 10.6 Å². The minimum atomic E-state index is -3.66. The molecule has 0 amide bonds. The van der Waals surface area contributed by atoms with Crippen molar-refractivity contribution >= 4 is 21.4 Å². The van der Waals surface area contributed by atoms with Crippen LogP contribution in [0.15, 0.2) is 47.4 Å². The molecular weight excluding hydrogens is 288 g/mol. The highest BCUT2D eigenvalue weighted by Gasteiger charge is 2.22. The highest BCUT2D eigenvalue weighted by molar-refractivity contribution is 7.92. The zero-order valence-corrected chi connectivity index (χ0v) is 13.0. The van der Waals surface area contributed by atoms with Crippen LogP contribution in [0.1, 0.15) is 5.56 Å². The molecule has 21 heavy (non-hydrogen) atoms. The molecule has 5 nitrogen and oxygen atoms in total. The number of benzene rings is 2. The third kappa shape index (κ3) is 2.95. The minimum Gasteiger partial charge on any atom is -0.495 e. The minimum absolute atomic E-state index is 0.129. The second-order valence-electron chi connectivity index (χ2n) is 4.72. The van der Waals surface area contributed by atoms with E-state index in [4.69, 9.17) is 10.5 Å². The third-order valence-electron chi connectivity index (χ3n) is 3.22. The van der Waals surface area contributed by atoms with Crippen LogP contribution in [-0.4, -0.2) is 22.6 Å². The largest absolute Gasteiger partial charge is 0.495 e. The van der Waals surface area contributed by atoms with Gasteiger partial charge in [0.05, 0.1) is 23.4 Å². The second kappa shape index (κ2) is 5.65. The number of nitrogen functional groups attached to an aromatic ring is 1. The first-order chi connectivity index (χ1) is 9.86. The first kappa shape index (κ1) is 15.2. The number of nitrogens with two attached hydrogens (primary N) is 1. The van der Waals surface area contributed by atoms with Gasteiger partial charge in [0.15, 0.2) is 0 Å². The van der Waals surface area contributed by atoms with Gasteiger partial charge in [0.25, 0.3) is 10.0 Å². The molecule has 0 aromatic heterocycles. The monoisotopic (exact) mass is 306 g/mol. The standard InChI is InChI=1S/C15H18N2O3S/c1-11-5-4-6-12(9-11)17(2)21(18,19)13-7-8-15(20-3)14(16)10-13/h4-10H,16H2,1-3H3. The van der Waals surface area contributed by atoms with Crippen molar-refractivity contribution in [1.82, 2.24) is 0 Å². The van der Waals surface area contributed by atoms with E-state index in [2.05, 4.69) is 0 Å². The number of sulfonamides is 1. The van der Waals surface area contributed by atoms with Crippen LogP contribution in [0, 0.1) is 6.92 Å². The van der Waals surface area contributed by atoms with Crippen LogP contribution in [0.25, 0.3) is 0 Å². The van der Waals surface area contributed by atoms with Gasteiger partial charge in [-0.25, -0.2) is 8.42 Å². The normalized spacial score (nSPS) is 11.2. The van der Waals surface area contributed by atoms with E-state index in [9.17, 15) is 8.42 Å². The molecule has 0 fully saturated rings. The lowest BCUT2D eigenvalue weighted by Gasteiger charge is -2.20. The van der Waals surface area contributed by atoms with Crippen molar-refractivity contribution in [3.05, 3.63) is 48.0 Å². The summed E-state index contributed by atoms with van der Waals surface area (Å²) in [6.07, 6.45) is 0. The van der Waals surface area contributed by atoms with Crippen molar-refractivity contribution in [3.8, 4) is 5.75 Å². The molecule has 0 unspecified atom stereocenters. The van der Waals surface area contributed by atoms with Crippen molar-refractivity contribution < 1.29 is 13.2 Å². The molecule has 2 aromatic rings. The summed E-state index contributed by atoms with van der Waals surface area (Å²) >= 11 is 0. The van der Waals surface area contributed by atoms with Gasteiger partial charge in [-0.3, -0.25) is 4.31 Å². The third-order valence-corrected chi connectivity index (χ3v) is 5.01. The first-order valence-electron chi connectivity index (χ1n) is 6.35. The number of rotatable bonds is 4. The Morgan fingerprint density at radius 3 is 2.43 bits per heavy atom. The summed E-state index contributed by atoms with van der Waals surface area (Å²) in [6.45, 7) is 1.91. The summed E-state index contributed by atoms with van der Waals surface area (Å²) in [6, 6.07) is 11.7. The lowest BCUT2D eigenvalue weighted by atomic mass is 10.2. The lowest BCUT2D eigenvalue weighted by Crippen LogP contribution is -2.26. The fraction of sp³-hybridized carbons (Fsp3) is 0.200. The Balaban J connectivity index is 2.44. The Labute approximate surface area is 125 Å². The van der Waals surface area contributed by atoms with Crippen LogP contribution in [0.2, 0.25) is 0 Å². The summed E-state index contributed by atoms with van der Waals surface area (Å²) < 4.78 is 31.5. The molecule has 0 aliphatic rings. The average molecular weight is 306 g/mol. The van der Waals surface area contributed by atoms with E-state index >= 15 is 0 Å². The average Bonchev–Trinajstić information content (AvgIpc) is 2.46. The zero-order valence-electron chi connectivity index (χ0n) is 12.2. The van der Waals surface area contributed by atoms with Crippen molar-refractivity contribution in [2.24, 2.45) is 0 Å². The molecule has 0 saturated heterocycles. The summed E-state index contributed by atoms with van der Waals surface area (Å²) in [5, 5.41) is 0. The van der Waals surface area contributed by atoms with Crippen LogP contribution in [0.4, 0.5) is 11.4 Å². The number of ether oxygens (including phenoxy) is 1. The first-order valence-corrected chi connectivity index (χ1v) is 7.79. The van der Waals surface area contributed by atoms with Crippen molar-refractivity contribution in [2.45, 2.75) is 11.8 Å². The highest BCUT2D eigenvalue weighted by Crippen LogP contribution is 2.28. The number of methoxy groups -OCH3 is 1. The predicted octanol–water partition coefficient (Wildman–Crippen LogP) is 2.41. The Kier molecular flexibility index (Phi) is 4.09. The molecule has 0 atom stereocenters. The molecule has 2 rings (SSSR count). The molecule has 2 aromatic carbocycles. The molecule has 0 aliphatic heterocycles. The van der Waals surface area contributed by atoms with Gasteiger partial charge < -0.3 is 10.5 Å². The van der Waals surface area contributed by atoms with E-state index in [1.807, 2.05) is 25.1 Å². The van der Waals surface area contributed by atoms with Gasteiger partial charge in [-0.05, 0) is 42.8 Å². The van der Waals surface area contributed by atoms with E-state index in [0.29, 0.717) is 11.4 Å². The molecule has 6 heteroatoms. The van der Waals surface area contributed by atoms with Gasteiger partial charge in [0.1, 0.15) is 5.75 Å². The van der Waals surface area contributed by atoms with E-state index in [1.54, 1.807) is 12.1 Å². The van der Waals surface area contributed by atoms with Gasteiger partial charge in [0, 0.05) is 7.05 Å². The molecule has 0 saturated carbocycles. The summed E-state index contributed by atoms with van der Waals surface area (Å²) in [7, 11) is -0.655. The molecule has 0 radical (unpaired) electrons. The van der Waals surface area contributed by atoms with Gasteiger partial charge in [0.2, 0.25) is 0 Å². The van der Waals surface area contributed by atoms with Crippen LogP contribution in [0.5, 0.6) is 5.75 Å². The molecule has 0 bridgehead atoms. The predicted molar refractivity (Wildman–Crippen MR) is 84.2 cm³/mol. The Bertz CT molecular complexity index is 757. The highest BCUT2D eigenvalue weighted by atomic mass is 32.2. The van der Waals surface area contributed by atoms with Crippen LogP contribution in [-0.2, 0) is 10.0 Å². The maximum atomic E-state index is 12.6. The second-order valence-corrected chi connectivity index (χ2v) is 6.68. The van der Waals surface area contributed by atoms with Crippen LogP contribution in [0.3, 0.4) is 0 Å². The number of hydrogen-bond donors (Lipinski definition) is 1. The molecule has 0 spiro atoms. The summed E-state index contributed by atoms with van der Waals surface area (Å²) in [4.78, 5) is 0.129. The Hall–Kier alpha value is -2.21. The number of aryl methyl sites for hydroxylation is 1. The lowest BCUT2D eigenvalue weighted by molar-refractivity contribution is 0.416. The maximum Gasteiger partial charge on any atom is 0.264 e. The van der Waals surface area contributed by atoms with Crippen LogP contribution >= 0.6 is 0 Å². The van der Waals surface area contributed by atoms with Crippen LogP contribution < -0.4 is 14.8 Å². The van der Waals surface area contributed by atoms with Crippen molar-refractivity contribution in [2.75, 3.05) is 24.2 Å². The van der Waals surface area contributed by atoms with Gasteiger partial charge >= 0.3 is 0 Å².